The Bertz CT molecular complexity index is 1320. The first-order valence-electron chi connectivity index (χ1n) is 10.5. The number of halogens is 1. The molecule has 1 aliphatic heterocycles. The van der Waals surface area contributed by atoms with E-state index in [-0.39, 0.29) is 5.82 Å². The largest absolute Gasteiger partial charge is 0.493 e. The lowest BCUT2D eigenvalue weighted by Gasteiger charge is -2.13. The molecular formula is C22H22FN7O. The third-order valence-electron chi connectivity index (χ3n) is 6.18. The van der Waals surface area contributed by atoms with E-state index in [1.54, 1.807) is 23.0 Å². The van der Waals surface area contributed by atoms with Gasteiger partial charge in [0.1, 0.15) is 17.9 Å². The van der Waals surface area contributed by atoms with Gasteiger partial charge in [0.15, 0.2) is 5.65 Å². The molecule has 8 nitrogen and oxygen atoms in total. The van der Waals surface area contributed by atoms with E-state index in [1.807, 2.05) is 6.92 Å². The van der Waals surface area contributed by atoms with Gasteiger partial charge >= 0.3 is 0 Å². The molecule has 31 heavy (non-hydrogen) atoms. The van der Waals surface area contributed by atoms with E-state index in [1.165, 1.54) is 18.9 Å². The van der Waals surface area contributed by atoms with Crippen molar-refractivity contribution in [1.29, 1.82) is 0 Å². The fourth-order valence-corrected chi connectivity index (χ4v) is 4.53. The summed E-state index contributed by atoms with van der Waals surface area (Å²) in [6.45, 7) is 4.99. The molecule has 0 bridgehead atoms. The number of aromatic nitrogens is 6. The molecule has 0 saturated heterocycles. The minimum Gasteiger partial charge on any atom is -0.493 e. The number of nitrogens with one attached hydrogen (secondary N) is 1. The van der Waals surface area contributed by atoms with Crippen molar-refractivity contribution in [3.8, 4) is 16.9 Å². The van der Waals surface area contributed by atoms with Gasteiger partial charge in [0.05, 0.1) is 18.3 Å². The number of anilines is 1. The fraction of sp³-hybridized carbons (Fsp3) is 0.364. The molecule has 0 atom stereocenters. The zero-order valence-electron chi connectivity index (χ0n) is 17.4. The highest BCUT2D eigenvalue weighted by Crippen LogP contribution is 2.39. The summed E-state index contributed by atoms with van der Waals surface area (Å²) in [5, 5.41) is 16.4. The van der Waals surface area contributed by atoms with Crippen LogP contribution in [-0.2, 0) is 13.0 Å². The number of hydrogen-bond acceptors (Lipinski definition) is 6. The van der Waals surface area contributed by atoms with Crippen molar-refractivity contribution in [1.82, 2.24) is 29.4 Å². The second kappa shape index (κ2) is 6.76. The highest BCUT2D eigenvalue weighted by Gasteiger charge is 2.29. The first-order chi connectivity index (χ1) is 15.1. The summed E-state index contributed by atoms with van der Waals surface area (Å²) in [4.78, 5) is 4.63. The Morgan fingerprint density at radius 1 is 1.26 bits per heavy atom. The molecule has 6 rings (SSSR count). The van der Waals surface area contributed by atoms with E-state index in [9.17, 15) is 4.39 Å². The summed E-state index contributed by atoms with van der Waals surface area (Å²) < 4.78 is 24.0. The standard InChI is InChI=1S/C22H22FN7O/c1-12-20(13(2)30(28-12)14-3-4-14)17-10-25-22(29-11-26-27-21(17)29)24-9-16-15-7-8-31-19(15)6-5-18(16)23/h5-6,10-11,14H,3-4,7-9H2,1-2H3,(H,24,25). The third kappa shape index (κ3) is 2.87. The van der Waals surface area contributed by atoms with Crippen molar-refractivity contribution >= 4 is 11.6 Å². The Morgan fingerprint density at radius 2 is 2.13 bits per heavy atom. The normalized spacial score (nSPS) is 15.3. The molecule has 0 radical (unpaired) electrons. The van der Waals surface area contributed by atoms with Crippen LogP contribution in [0.4, 0.5) is 10.3 Å². The number of hydrogen-bond donors (Lipinski definition) is 1. The molecule has 2 aliphatic rings. The van der Waals surface area contributed by atoms with Gasteiger partial charge in [-0.25, -0.2) is 9.37 Å². The maximum Gasteiger partial charge on any atom is 0.210 e. The molecule has 0 amide bonds. The number of nitrogens with zero attached hydrogens (tertiary/aromatic N) is 6. The molecule has 4 aromatic rings. The number of rotatable bonds is 5. The van der Waals surface area contributed by atoms with E-state index in [0.717, 1.165) is 33.8 Å². The van der Waals surface area contributed by atoms with E-state index in [2.05, 4.69) is 32.1 Å². The highest BCUT2D eigenvalue weighted by molar-refractivity contribution is 5.80. The molecule has 1 aromatic carbocycles. The van der Waals surface area contributed by atoms with Crippen molar-refractivity contribution in [2.45, 2.75) is 45.7 Å². The van der Waals surface area contributed by atoms with E-state index < -0.39 is 0 Å². The van der Waals surface area contributed by atoms with Crippen molar-refractivity contribution in [2.75, 3.05) is 11.9 Å². The average Bonchev–Trinajstić information content (AvgIpc) is 3.16. The van der Waals surface area contributed by atoms with Gasteiger partial charge in [0.2, 0.25) is 5.95 Å². The highest BCUT2D eigenvalue weighted by atomic mass is 19.1. The first-order valence-corrected chi connectivity index (χ1v) is 10.5. The smallest absolute Gasteiger partial charge is 0.210 e. The molecule has 0 spiro atoms. The fourth-order valence-electron chi connectivity index (χ4n) is 4.53. The SMILES string of the molecule is Cc1nn(C2CC2)c(C)c1-c1cnc(NCc2c(F)ccc3c2CCO3)n2cnnc12. The number of benzene rings is 1. The van der Waals surface area contributed by atoms with Crippen LogP contribution in [-0.4, -0.2) is 36.0 Å². The quantitative estimate of drug-likeness (QED) is 0.532. The van der Waals surface area contributed by atoms with Gasteiger partial charge < -0.3 is 10.1 Å². The lowest BCUT2D eigenvalue weighted by atomic mass is 10.0. The Morgan fingerprint density at radius 3 is 2.97 bits per heavy atom. The molecule has 9 heteroatoms. The predicted molar refractivity (Wildman–Crippen MR) is 113 cm³/mol. The molecule has 1 fully saturated rings. The van der Waals surface area contributed by atoms with Gasteiger partial charge in [0, 0.05) is 47.1 Å². The van der Waals surface area contributed by atoms with Crippen LogP contribution < -0.4 is 10.1 Å². The Kier molecular flexibility index (Phi) is 3.99. The molecule has 0 unspecified atom stereocenters. The summed E-state index contributed by atoms with van der Waals surface area (Å²) in [7, 11) is 0. The first kappa shape index (κ1) is 18.3. The summed E-state index contributed by atoms with van der Waals surface area (Å²) >= 11 is 0. The number of aryl methyl sites for hydroxylation is 1. The lowest BCUT2D eigenvalue weighted by molar-refractivity contribution is 0.356. The van der Waals surface area contributed by atoms with Gasteiger partial charge in [-0.2, -0.15) is 5.10 Å². The monoisotopic (exact) mass is 419 g/mol. The summed E-state index contributed by atoms with van der Waals surface area (Å²) in [5.41, 5.74) is 6.25. The maximum atomic E-state index is 14.5. The molecule has 1 aliphatic carbocycles. The molecule has 1 N–H and O–H groups in total. The number of fused-ring (bicyclic) bond motifs is 2. The van der Waals surface area contributed by atoms with E-state index in [4.69, 9.17) is 9.84 Å². The van der Waals surface area contributed by atoms with Crippen LogP contribution in [0.1, 0.15) is 41.4 Å². The van der Waals surface area contributed by atoms with E-state index >= 15 is 0 Å². The summed E-state index contributed by atoms with van der Waals surface area (Å²) in [6.07, 6.45) is 6.48. The molecular weight excluding hydrogens is 397 g/mol. The molecule has 4 heterocycles. The van der Waals surface area contributed by atoms with Crippen LogP contribution in [0.15, 0.2) is 24.7 Å². The summed E-state index contributed by atoms with van der Waals surface area (Å²) in [5.74, 6) is 1.08. The van der Waals surface area contributed by atoms with Crippen LogP contribution in [0.5, 0.6) is 5.75 Å². The average molecular weight is 419 g/mol. The van der Waals surface area contributed by atoms with Crippen LogP contribution in [0.3, 0.4) is 0 Å². The van der Waals surface area contributed by atoms with Crippen LogP contribution in [0.25, 0.3) is 16.8 Å². The van der Waals surface area contributed by atoms with Crippen molar-refractivity contribution in [2.24, 2.45) is 0 Å². The summed E-state index contributed by atoms with van der Waals surface area (Å²) in [6, 6.07) is 3.65. The van der Waals surface area contributed by atoms with Crippen LogP contribution in [0, 0.1) is 19.7 Å². The van der Waals surface area contributed by atoms with Gasteiger partial charge in [-0.3, -0.25) is 9.08 Å². The predicted octanol–water partition coefficient (Wildman–Crippen LogP) is 3.63. The second-order valence-corrected chi connectivity index (χ2v) is 8.20. The minimum absolute atomic E-state index is 0.243. The molecule has 1 saturated carbocycles. The zero-order chi connectivity index (χ0) is 21.1. The third-order valence-corrected chi connectivity index (χ3v) is 6.18. The van der Waals surface area contributed by atoms with Gasteiger partial charge in [-0.15, -0.1) is 10.2 Å². The molecule has 158 valence electrons. The minimum atomic E-state index is -0.243. The lowest BCUT2D eigenvalue weighted by Crippen LogP contribution is -2.10. The zero-order valence-corrected chi connectivity index (χ0v) is 17.4. The Balaban J connectivity index is 1.37. The van der Waals surface area contributed by atoms with Crippen LogP contribution in [0.2, 0.25) is 0 Å². The van der Waals surface area contributed by atoms with Crippen molar-refractivity contribution < 1.29 is 9.13 Å². The second-order valence-electron chi connectivity index (χ2n) is 8.20. The number of ether oxygens (including phenoxy) is 1. The van der Waals surface area contributed by atoms with E-state index in [0.29, 0.717) is 42.8 Å². The Labute approximate surface area is 178 Å². The van der Waals surface area contributed by atoms with Crippen molar-refractivity contribution in [3.05, 3.63) is 53.0 Å². The van der Waals surface area contributed by atoms with Gasteiger partial charge in [0.25, 0.3) is 0 Å². The maximum absolute atomic E-state index is 14.5. The van der Waals surface area contributed by atoms with Gasteiger partial charge in [-0.05, 0) is 38.8 Å². The molecule has 3 aromatic heterocycles. The Hall–Kier alpha value is -3.49. The van der Waals surface area contributed by atoms with Crippen molar-refractivity contribution in [3.63, 3.8) is 0 Å². The van der Waals surface area contributed by atoms with Crippen LogP contribution >= 0.6 is 0 Å². The van der Waals surface area contributed by atoms with Gasteiger partial charge in [-0.1, -0.05) is 0 Å². The topological polar surface area (TPSA) is 82.2 Å².